The van der Waals surface area contributed by atoms with Crippen LogP contribution in [0.3, 0.4) is 0 Å². The number of hydrogen-bond acceptors (Lipinski definition) is 1. The molecule has 0 aliphatic heterocycles. The van der Waals surface area contributed by atoms with E-state index in [0.717, 1.165) is 5.02 Å². The minimum Gasteiger partial charge on any atom is -0.370 e. The van der Waals surface area contributed by atoms with Crippen LogP contribution >= 0.6 is 11.6 Å². The van der Waals surface area contributed by atoms with Gasteiger partial charge in [0.2, 0.25) is 0 Å². The first-order valence-corrected chi connectivity index (χ1v) is 10.1. The Morgan fingerprint density at radius 2 is 1.54 bits per heavy atom. The molecule has 2 aliphatic rings. The standard InChI is InChI=1S/C19H28ClN.C3H6/c1-21(16-11-6-3-7-12-16)18-14-8-13-17(19(18)20)15-9-4-2-5-10-15;1-3-2/h8,13-16H,2-7,9-12H2,1H3;3H,1H2,2H3. The fraction of sp³-hybridized carbons (Fsp3) is 0.636. The molecule has 0 N–H and O–H groups in total. The van der Waals surface area contributed by atoms with Crippen molar-refractivity contribution in [1.29, 1.82) is 0 Å². The maximum absolute atomic E-state index is 6.81. The van der Waals surface area contributed by atoms with Crippen molar-refractivity contribution in [3.8, 4) is 0 Å². The average molecular weight is 348 g/mol. The van der Waals surface area contributed by atoms with E-state index in [9.17, 15) is 0 Å². The van der Waals surface area contributed by atoms with Gasteiger partial charge in [0.1, 0.15) is 0 Å². The molecule has 2 heteroatoms. The van der Waals surface area contributed by atoms with Crippen molar-refractivity contribution in [3.63, 3.8) is 0 Å². The monoisotopic (exact) mass is 347 g/mol. The summed E-state index contributed by atoms with van der Waals surface area (Å²) in [6.07, 6.45) is 15.3. The number of rotatable bonds is 3. The Morgan fingerprint density at radius 3 is 2.12 bits per heavy atom. The van der Waals surface area contributed by atoms with Gasteiger partial charge in [0.05, 0.1) is 10.7 Å². The van der Waals surface area contributed by atoms with Crippen molar-refractivity contribution >= 4 is 17.3 Å². The molecule has 0 aromatic heterocycles. The highest BCUT2D eigenvalue weighted by Gasteiger charge is 2.23. The van der Waals surface area contributed by atoms with Crippen LogP contribution in [-0.2, 0) is 0 Å². The first kappa shape index (κ1) is 19.4. The molecule has 0 atom stereocenters. The summed E-state index contributed by atoms with van der Waals surface area (Å²) >= 11 is 6.81. The zero-order valence-electron chi connectivity index (χ0n) is 15.6. The molecule has 1 aromatic rings. The van der Waals surface area contributed by atoms with E-state index in [1.54, 1.807) is 6.08 Å². The first-order chi connectivity index (χ1) is 11.7. The van der Waals surface area contributed by atoms with Crippen LogP contribution in [0.4, 0.5) is 5.69 Å². The molecule has 0 unspecified atom stereocenters. The lowest BCUT2D eigenvalue weighted by atomic mass is 9.84. The predicted molar refractivity (Wildman–Crippen MR) is 108 cm³/mol. The van der Waals surface area contributed by atoms with E-state index in [-0.39, 0.29) is 0 Å². The summed E-state index contributed by atoms with van der Waals surface area (Å²) < 4.78 is 0. The molecule has 2 saturated carbocycles. The molecule has 3 rings (SSSR count). The Hall–Kier alpha value is -0.950. The molecule has 1 aromatic carbocycles. The second kappa shape index (κ2) is 10.1. The zero-order chi connectivity index (χ0) is 17.4. The van der Waals surface area contributed by atoms with Gasteiger partial charge in [-0.2, -0.15) is 0 Å². The lowest BCUT2D eigenvalue weighted by Gasteiger charge is -2.34. The number of halogens is 1. The van der Waals surface area contributed by atoms with Gasteiger partial charge >= 0.3 is 0 Å². The predicted octanol–water partition coefficient (Wildman–Crippen LogP) is 7.35. The van der Waals surface area contributed by atoms with Crippen LogP contribution in [0.25, 0.3) is 0 Å². The molecule has 0 saturated heterocycles. The topological polar surface area (TPSA) is 3.24 Å². The van der Waals surface area contributed by atoms with E-state index >= 15 is 0 Å². The molecule has 0 amide bonds. The van der Waals surface area contributed by atoms with Gasteiger partial charge in [0.25, 0.3) is 0 Å². The van der Waals surface area contributed by atoms with Gasteiger partial charge in [-0.15, -0.1) is 6.58 Å². The van der Waals surface area contributed by atoms with E-state index in [0.29, 0.717) is 12.0 Å². The Bertz CT molecular complexity index is 499. The van der Waals surface area contributed by atoms with Crippen molar-refractivity contribution in [2.45, 2.75) is 83.1 Å². The molecule has 134 valence electrons. The maximum Gasteiger partial charge on any atom is 0.0674 e. The Kier molecular flexibility index (Phi) is 8.18. The lowest BCUT2D eigenvalue weighted by molar-refractivity contribution is 0.427. The van der Waals surface area contributed by atoms with E-state index in [4.69, 9.17) is 11.6 Å². The van der Waals surface area contributed by atoms with E-state index in [1.807, 2.05) is 6.92 Å². The molecule has 0 spiro atoms. The molecule has 2 fully saturated rings. The van der Waals surface area contributed by atoms with Crippen LogP contribution in [0.2, 0.25) is 5.02 Å². The van der Waals surface area contributed by atoms with Crippen molar-refractivity contribution in [1.82, 2.24) is 0 Å². The molecule has 1 nitrogen and oxygen atoms in total. The third kappa shape index (κ3) is 5.02. The van der Waals surface area contributed by atoms with Gasteiger partial charge in [-0.3, -0.25) is 0 Å². The zero-order valence-corrected chi connectivity index (χ0v) is 16.3. The highest BCUT2D eigenvalue weighted by Crippen LogP contribution is 2.41. The summed E-state index contributed by atoms with van der Waals surface area (Å²) in [5.41, 5.74) is 2.66. The summed E-state index contributed by atoms with van der Waals surface area (Å²) in [4.78, 5) is 2.45. The summed E-state index contributed by atoms with van der Waals surface area (Å²) in [6.45, 7) is 5.25. The fourth-order valence-electron chi connectivity index (χ4n) is 4.20. The third-order valence-electron chi connectivity index (χ3n) is 5.56. The van der Waals surface area contributed by atoms with Crippen molar-refractivity contribution in [3.05, 3.63) is 41.4 Å². The van der Waals surface area contributed by atoms with Crippen LogP contribution in [0, 0.1) is 0 Å². The van der Waals surface area contributed by atoms with Crippen LogP contribution in [0.15, 0.2) is 30.9 Å². The molecule has 0 heterocycles. The molecule has 2 aliphatic carbocycles. The summed E-state index contributed by atoms with van der Waals surface area (Å²) in [6, 6.07) is 7.36. The second-order valence-corrected chi connectivity index (χ2v) is 7.70. The van der Waals surface area contributed by atoms with E-state index < -0.39 is 0 Å². The Balaban J connectivity index is 0.000000647. The van der Waals surface area contributed by atoms with Crippen LogP contribution in [0.1, 0.15) is 82.6 Å². The Labute approximate surface area is 154 Å². The van der Waals surface area contributed by atoms with Crippen LogP contribution < -0.4 is 4.90 Å². The SMILES string of the molecule is C=CC.CN(c1cccc(C2CCCCC2)c1Cl)C1CCCCC1. The van der Waals surface area contributed by atoms with Gasteiger partial charge < -0.3 is 4.90 Å². The highest BCUT2D eigenvalue weighted by atomic mass is 35.5. The maximum atomic E-state index is 6.81. The average Bonchev–Trinajstić information content (AvgIpc) is 2.63. The minimum absolute atomic E-state index is 0.679. The molecular formula is C22H34ClN. The lowest BCUT2D eigenvalue weighted by Crippen LogP contribution is -2.33. The van der Waals surface area contributed by atoms with Gasteiger partial charge in [0.15, 0.2) is 0 Å². The van der Waals surface area contributed by atoms with Crippen LogP contribution in [-0.4, -0.2) is 13.1 Å². The van der Waals surface area contributed by atoms with Crippen molar-refractivity contribution in [2.75, 3.05) is 11.9 Å². The third-order valence-corrected chi connectivity index (χ3v) is 5.97. The summed E-state index contributed by atoms with van der Waals surface area (Å²) in [7, 11) is 2.24. The first-order valence-electron chi connectivity index (χ1n) is 9.77. The quantitative estimate of drug-likeness (QED) is 0.516. The molecular weight excluding hydrogens is 314 g/mol. The number of nitrogens with zero attached hydrogens (tertiary/aromatic N) is 1. The van der Waals surface area contributed by atoms with E-state index in [1.165, 1.54) is 75.5 Å². The van der Waals surface area contributed by atoms with Gasteiger partial charge in [-0.05, 0) is 50.2 Å². The second-order valence-electron chi connectivity index (χ2n) is 7.33. The summed E-state index contributed by atoms with van der Waals surface area (Å²) in [5.74, 6) is 0.686. The van der Waals surface area contributed by atoms with Crippen molar-refractivity contribution in [2.24, 2.45) is 0 Å². The van der Waals surface area contributed by atoms with Gasteiger partial charge in [-0.25, -0.2) is 0 Å². The van der Waals surface area contributed by atoms with Gasteiger partial charge in [0, 0.05) is 13.1 Å². The molecule has 0 radical (unpaired) electrons. The number of benzene rings is 1. The minimum atomic E-state index is 0.679. The number of hydrogen-bond donors (Lipinski definition) is 0. The largest absolute Gasteiger partial charge is 0.370 e. The van der Waals surface area contributed by atoms with Crippen molar-refractivity contribution < 1.29 is 0 Å². The van der Waals surface area contributed by atoms with Gasteiger partial charge in [-0.1, -0.05) is 68.3 Å². The molecule has 24 heavy (non-hydrogen) atoms. The normalized spacial score (nSPS) is 19.3. The summed E-state index contributed by atoms with van der Waals surface area (Å²) in [5, 5.41) is 1.03. The highest BCUT2D eigenvalue weighted by molar-refractivity contribution is 6.34. The number of allylic oxidation sites excluding steroid dienone is 1. The van der Waals surface area contributed by atoms with E-state index in [2.05, 4.69) is 36.7 Å². The fourth-order valence-corrected chi connectivity index (χ4v) is 4.62. The number of anilines is 1. The molecule has 0 bridgehead atoms. The smallest absolute Gasteiger partial charge is 0.0674 e. The Morgan fingerprint density at radius 1 is 1.00 bits per heavy atom. The van der Waals surface area contributed by atoms with Crippen LogP contribution in [0.5, 0.6) is 0 Å².